The molecule has 1 saturated heterocycles. The van der Waals surface area contributed by atoms with E-state index >= 15 is 0 Å². The molecule has 304 valence electrons. The Bertz CT molecular complexity index is 1750. The molecule has 0 bridgehead atoms. The number of nitrogens with one attached hydrogen (secondary N) is 1. The number of halogens is 1. The maximum atomic E-state index is 12.7. The minimum absolute atomic E-state index is 0.0483. The van der Waals surface area contributed by atoms with Gasteiger partial charge in [-0.3, -0.25) is 4.79 Å². The smallest absolute Gasteiger partial charge is 0.306 e. The lowest BCUT2D eigenvalue weighted by atomic mass is 9.93. The number of carbonyl (C=O) groups excluding carboxylic acids is 1. The molecular formula is C36H54ClN3O11S3. The second-order valence-electron chi connectivity index (χ2n) is 13.0. The van der Waals surface area contributed by atoms with Gasteiger partial charge in [0.25, 0.3) is 10.0 Å². The Hall–Kier alpha value is -2.42. The molecule has 54 heavy (non-hydrogen) atoms. The molecule has 3 heterocycles. The number of sulfonamides is 2. The lowest BCUT2D eigenvalue weighted by Gasteiger charge is -2.32. The molecule has 0 radical (unpaired) electrons. The van der Waals surface area contributed by atoms with Gasteiger partial charge in [-0.15, -0.1) is 11.3 Å². The number of methoxy groups -OCH3 is 1. The summed E-state index contributed by atoms with van der Waals surface area (Å²) >= 11 is 6.62. The number of hydrogen-bond donors (Lipinski definition) is 4. The molecule has 14 nitrogen and oxygen atoms in total. The molecule has 2 aliphatic rings. The molecular weight excluding hydrogens is 782 g/mol. The Balaban J connectivity index is 0.000000303. The van der Waals surface area contributed by atoms with E-state index in [1.165, 1.54) is 10.4 Å². The largest absolute Gasteiger partial charge is 0.491 e. The molecule has 0 amide bonds. The van der Waals surface area contributed by atoms with Crippen molar-refractivity contribution in [2.75, 3.05) is 46.6 Å². The summed E-state index contributed by atoms with van der Waals surface area (Å²) in [4.78, 5) is 11.5. The van der Waals surface area contributed by atoms with Crippen LogP contribution in [0.3, 0.4) is 0 Å². The number of nitrogens with zero attached hydrogens (tertiary/aromatic N) is 1. The molecule has 2 aliphatic heterocycles. The van der Waals surface area contributed by atoms with Crippen LogP contribution in [0.4, 0.5) is 0 Å². The zero-order chi connectivity index (χ0) is 39.9. The molecule has 0 unspecified atom stereocenters. The van der Waals surface area contributed by atoms with Crippen LogP contribution >= 0.6 is 22.9 Å². The van der Waals surface area contributed by atoms with Gasteiger partial charge in [-0.25, -0.2) is 22.0 Å². The van der Waals surface area contributed by atoms with Gasteiger partial charge in [-0.1, -0.05) is 48.9 Å². The summed E-state index contributed by atoms with van der Waals surface area (Å²) in [6, 6.07) is 8.11. The van der Waals surface area contributed by atoms with Crippen molar-refractivity contribution in [2.45, 2.75) is 91.8 Å². The summed E-state index contributed by atoms with van der Waals surface area (Å²) in [6.07, 6.45) is 8.81. The number of aliphatic hydroxyl groups is 2. The number of ether oxygens (including phenoxy) is 4. The minimum Gasteiger partial charge on any atom is -0.491 e. The topological polar surface area (TPSA) is 204 Å². The van der Waals surface area contributed by atoms with Gasteiger partial charge in [0, 0.05) is 55.8 Å². The number of carbonyl (C=O) groups is 1. The normalized spacial score (nSPS) is 21.9. The van der Waals surface area contributed by atoms with E-state index in [-0.39, 0.29) is 58.3 Å². The Morgan fingerprint density at radius 3 is 2.65 bits per heavy atom. The molecule has 1 aromatic carbocycles. The van der Waals surface area contributed by atoms with Crippen molar-refractivity contribution in [3.8, 4) is 5.75 Å². The Morgan fingerprint density at radius 1 is 1.24 bits per heavy atom. The number of primary sulfonamides is 1. The third kappa shape index (κ3) is 14.6. The first-order valence-electron chi connectivity index (χ1n) is 17.8. The zero-order valence-electron chi connectivity index (χ0n) is 31.1. The third-order valence-corrected chi connectivity index (χ3v) is 13.6. The van der Waals surface area contributed by atoms with Crippen LogP contribution < -0.4 is 15.2 Å². The number of benzene rings is 1. The van der Waals surface area contributed by atoms with Crippen LogP contribution in [0.5, 0.6) is 5.75 Å². The van der Waals surface area contributed by atoms with E-state index in [1.807, 2.05) is 32.9 Å². The number of nitrogens with two attached hydrogens (primary N) is 1. The molecule has 1 fully saturated rings. The van der Waals surface area contributed by atoms with Gasteiger partial charge < -0.3 is 34.5 Å². The van der Waals surface area contributed by atoms with Crippen LogP contribution in [0.15, 0.2) is 63.1 Å². The average molecular weight is 836 g/mol. The highest BCUT2D eigenvalue weighted by Gasteiger charge is 2.39. The van der Waals surface area contributed by atoms with Gasteiger partial charge in [0.2, 0.25) is 10.0 Å². The molecule has 0 spiro atoms. The number of likely N-dealkylation sites (N-methyl/N-ethyl adjacent to an activating group) is 1. The predicted molar refractivity (Wildman–Crippen MR) is 208 cm³/mol. The van der Waals surface area contributed by atoms with Gasteiger partial charge >= 0.3 is 5.97 Å². The van der Waals surface area contributed by atoms with Crippen molar-refractivity contribution < 1.29 is 50.8 Å². The Morgan fingerprint density at radius 2 is 1.98 bits per heavy atom. The number of esters is 1. The fourth-order valence-corrected chi connectivity index (χ4v) is 10.3. The summed E-state index contributed by atoms with van der Waals surface area (Å²) in [7, 11) is -6.10. The van der Waals surface area contributed by atoms with Crippen LogP contribution in [-0.4, -0.2) is 108 Å². The van der Waals surface area contributed by atoms with Gasteiger partial charge in [-0.05, 0) is 70.3 Å². The lowest BCUT2D eigenvalue weighted by Crippen LogP contribution is -2.43. The summed E-state index contributed by atoms with van der Waals surface area (Å²) < 4.78 is 71.1. The third-order valence-electron chi connectivity index (χ3n) is 8.36. The molecule has 0 saturated carbocycles. The first kappa shape index (κ1) is 46.0. The highest BCUT2D eigenvalue weighted by Crippen LogP contribution is 2.40. The summed E-state index contributed by atoms with van der Waals surface area (Å²) in [5.74, 6) is 0.352. The second-order valence-corrected chi connectivity index (χ2v) is 18.5. The number of thiophene rings is 1. The van der Waals surface area contributed by atoms with Gasteiger partial charge in [0.05, 0.1) is 24.9 Å². The summed E-state index contributed by atoms with van der Waals surface area (Å²) in [6.45, 7) is 7.61. The van der Waals surface area contributed by atoms with Gasteiger partial charge in [0.15, 0.2) is 0 Å². The monoisotopic (exact) mass is 835 g/mol. The van der Waals surface area contributed by atoms with E-state index in [4.69, 9.17) is 35.7 Å². The number of fused-ring (bicyclic) bond motifs is 1. The molecule has 18 heteroatoms. The molecule has 1 aromatic heterocycles. The molecule has 5 N–H and O–H groups in total. The first-order chi connectivity index (χ1) is 25.6. The van der Waals surface area contributed by atoms with Crippen LogP contribution in [0, 0.1) is 5.92 Å². The van der Waals surface area contributed by atoms with Crippen molar-refractivity contribution in [3.63, 3.8) is 0 Å². The SMILES string of the molecule is CC(C)OC(=O)CC/C=C\CC[C@H]1[C@@H](O)CO[C@@H]1/C=C/[C@@H](O)COc1cccc(Cl)c1.CCN[C@H]1CN(CCCOC)S(=O)(=O)c2sc(S(N)(=O)=O)cc21. The van der Waals surface area contributed by atoms with Gasteiger partial charge in [0.1, 0.15) is 26.9 Å². The minimum atomic E-state index is -3.94. The van der Waals surface area contributed by atoms with E-state index in [1.54, 1.807) is 43.5 Å². The van der Waals surface area contributed by atoms with Crippen LogP contribution in [0.25, 0.3) is 0 Å². The van der Waals surface area contributed by atoms with Crippen molar-refractivity contribution in [1.29, 1.82) is 0 Å². The zero-order valence-corrected chi connectivity index (χ0v) is 34.3. The van der Waals surface area contributed by atoms with E-state index < -0.39 is 32.3 Å². The van der Waals surface area contributed by atoms with E-state index in [9.17, 15) is 31.8 Å². The van der Waals surface area contributed by atoms with Crippen molar-refractivity contribution >= 4 is 49.0 Å². The highest BCUT2D eigenvalue weighted by molar-refractivity contribution is 7.94. The lowest BCUT2D eigenvalue weighted by molar-refractivity contribution is -0.147. The molecule has 5 atom stereocenters. The summed E-state index contributed by atoms with van der Waals surface area (Å²) in [5, 5.41) is 29.3. The van der Waals surface area contributed by atoms with Crippen molar-refractivity contribution in [2.24, 2.45) is 11.1 Å². The fourth-order valence-electron chi connectivity index (χ4n) is 5.80. The maximum absolute atomic E-state index is 12.7. The predicted octanol–water partition coefficient (Wildman–Crippen LogP) is 4.17. The standard InChI is InChI=1S/C24H33ClO6.C12H21N3O5S3/c1-17(2)31-24(28)11-6-4-3-5-10-21-22(27)16-30-23(21)13-12-19(26)15-29-20-9-7-8-18(25)14-20;1-3-14-10-8-15(5-4-6-20-2)23(18,19)12-9(10)7-11(21-12)22(13,16)17/h3-4,7-9,12-14,17,19,21-23,26-27H,5-6,10-11,15-16H2,1-2H3;7,10,14H,3-6,8H2,1-2H3,(H2,13,16,17)/b4-3-,13-12+;/t19-,21+,22+,23-;10-/m10/s1. The van der Waals surface area contributed by atoms with E-state index in [2.05, 4.69) is 5.32 Å². The molecule has 0 aliphatic carbocycles. The maximum Gasteiger partial charge on any atom is 0.306 e. The van der Waals surface area contributed by atoms with Gasteiger partial charge in [-0.2, -0.15) is 4.31 Å². The number of hydrogen-bond acceptors (Lipinski definition) is 13. The number of allylic oxidation sites excluding steroid dienone is 2. The molecule has 2 aromatic rings. The van der Waals surface area contributed by atoms with Crippen LogP contribution in [0.2, 0.25) is 5.02 Å². The quantitative estimate of drug-likeness (QED) is 0.0895. The number of rotatable bonds is 19. The number of aliphatic hydroxyl groups excluding tert-OH is 2. The Labute approximate surface area is 328 Å². The van der Waals surface area contributed by atoms with E-state index in [0.29, 0.717) is 66.6 Å². The van der Waals surface area contributed by atoms with Crippen molar-refractivity contribution in [3.05, 3.63) is 65.2 Å². The van der Waals surface area contributed by atoms with Crippen LogP contribution in [-0.2, 0) is 39.1 Å². The first-order valence-corrected chi connectivity index (χ1v) is 22.0. The highest BCUT2D eigenvalue weighted by atomic mass is 35.5. The molecule has 4 rings (SSSR count). The van der Waals surface area contributed by atoms with Crippen molar-refractivity contribution in [1.82, 2.24) is 9.62 Å². The second kappa shape index (κ2) is 22.4. The average Bonchev–Trinajstić information content (AvgIpc) is 3.72. The summed E-state index contributed by atoms with van der Waals surface area (Å²) in [5.41, 5.74) is 0.476. The van der Waals surface area contributed by atoms with Crippen LogP contribution in [0.1, 0.15) is 64.5 Å². The Kier molecular flexibility index (Phi) is 19.0. The van der Waals surface area contributed by atoms with E-state index in [0.717, 1.165) is 12.8 Å². The fraction of sp³-hybridized carbons (Fsp3) is 0.583.